The summed E-state index contributed by atoms with van der Waals surface area (Å²) in [6.45, 7) is 6.68. The number of nitrogens with zero attached hydrogens (tertiary/aromatic N) is 1. The Morgan fingerprint density at radius 3 is 3.07 bits per heavy atom. The number of hydrogen-bond acceptors (Lipinski definition) is 3. The van der Waals surface area contributed by atoms with E-state index in [9.17, 15) is 0 Å². The third-order valence-corrected chi connectivity index (χ3v) is 4.21. The third kappa shape index (κ3) is 2.94. The van der Waals surface area contributed by atoms with E-state index in [1.807, 2.05) is 5.38 Å². The van der Waals surface area contributed by atoms with Crippen LogP contribution in [0.1, 0.15) is 18.2 Å². The molecule has 2 heterocycles. The SMILES string of the molecule is CCN(Cc1cc(Cl)cs1)C1CCNC1. The van der Waals surface area contributed by atoms with Crippen LogP contribution in [0.15, 0.2) is 11.4 Å². The van der Waals surface area contributed by atoms with Gasteiger partial charge in [0.2, 0.25) is 0 Å². The molecule has 0 aromatic carbocycles. The van der Waals surface area contributed by atoms with Crippen LogP contribution in [-0.2, 0) is 6.54 Å². The van der Waals surface area contributed by atoms with Gasteiger partial charge in [0.15, 0.2) is 0 Å². The number of likely N-dealkylation sites (N-methyl/N-ethyl adjacent to an activating group) is 1. The number of nitrogens with one attached hydrogen (secondary N) is 1. The summed E-state index contributed by atoms with van der Waals surface area (Å²) in [5, 5.41) is 6.30. The zero-order valence-electron chi connectivity index (χ0n) is 9.00. The van der Waals surface area contributed by atoms with Gasteiger partial charge in [-0.1, -0.05) is 18.5 Å². The molecule has 0 bridgehead atoms. The van der Waals surface area contributed by atoms with Crippen molar-refractivity contribution in [2.45, 2.75) is 25.9 Å². The summed E-state index contributed by atoms with van der Waals surface area (Å²) in [5.41, 5.74) is 0. The predicted molar refractivity (Wildman–Crippen MR) is 66.7 cm³/mol. The average molecular weight is 245 g/mol. The fourth-order valence-electron chi connectivity index (χ4n) is 2.09. The highest BCUT2D eigenvalue weighted by molar-refractivity contribution is 7.10. The van der Waals surface area contributed by atoms with Crippen LogP contribution in [0, 0.1) is 0 Å². The summed E-state index contributed by atoms with van der Waals surface area (Å²) >= 11 is 7.68. The van der Waals surface area contributed by atoms with Gasteiger partial charge in [-0.05, 0) is 25.6 Å². The van der Waals surface area contributed by atoms with Crippen molar-refractivity contribution < 1.29 is 0 Å². The lowest BCUT2D eigenvalue weighted by Crippen LogP contribution is -2.35. The first-order valence-corrected chi connectivity index (χ1v) is 6.73. The molecular formula is C11H17ClN2S. The molecule has 2 nitrogen and oxygen atoms in total. The van der Waals surface area contributed by atoms with Gasteiger partial charge >= 0.3 is 0 Å². The molecule has 1 unspecified atom stereocenters. The molecule has 0 aliphatic carbocycles. The number of rotatable bonds is 4. The lowest BCUT2D eigenvalue weighted by molar-refractivity contribution is 0.212. The highest BCUT2D eigenvalue weighted by Gasteiger charge is 2.21. The Balaban J connectivity index is 1.95. The summed E-state index contributed by atoms with van der Waals surface area (Å²) < 4.78 is 0. The molecule has 0 radical (unpaired) electrons. The molecule has 1 N–H and O–H groups in total. The van der Waals surface area contributed by atoms with Gasteiger partial charge in [0, 0.05) is 29.4 Å². The van der Waals surface area contributed by atoms with Gasteiger partial charge in [-0.25, -0.2) is 0 Å². The molecule has 1 aromatic heterocycles. The highest BCUT2D eigenvalue weighted by Crippen LogP contribution is 2.22. The summed E-state index contributed by atoms with van der Waals surface area (Å²) in [7, 11) is 0. The summed E-state index contributed by atoms with van der Waals surface area (Å²) in [5.74, 6) is 0. The van der Waals surface area contributed by atoms with Crippen LogP contribution in [0.2, 0.25) is 5.02 Å². The molecule has 0 spiro atoms. The maximum Gasteiger partial charge on any atom is 0.0516 e. The van der Waals surface area contributed by atoms with Crippen molar-refractivity contribution >= 4 is 22.9 Å². The fourth-order valence-corrected chi connectivity index (χ4v) is 3.18. The van der Waals surface area contributed by atoms with E-state index in [1.165, 1.54) is 11.3 Å². The summed E-state index contributed by atoms with van der Waals surface area (Å²) in [4.78, 5) is 3.90. The molecule has 1 fully saturated rings. The van der Waals surface area contributed by atoms with Crippen molar-refractivity contribution in [3.63, 3.8) is 0 Å². The number of hydrogen-bond donors (Lipinski definition) is 1. The molecule has 1 aliphatic heterocycles. The molecular weight excluding hydrogens is 228 g/mol. The van der Waals surface area contributed by atoms with Gasteiger partial charge in [0.1, 0.15) is 0 Å². The van der Waals surface area contributed by atoms with E-state index in [4.69, 9.17) is 11.6 Å². The van der Waals surface area contributed by atoms with E-state index < -0.39 is 0 Å². The Hall–Kier alpha value is -0.0900. The largest absolute Gasteiger partial charge is 0.315 e. The second-order valence-electron chi connectivity index (χ2n) is 3.94. The van der Waals surface area contributed by atoms with E-state index >= 15 is 0 Å². The van der Waals surface area contributed by atoms with Crippen LogP contribution < -0.4 is 5.32 Å². The molecule has 0 saturated carbocycles. The molecule has 1 atom stereocenters. The highest BCUT2D eigenvalue weighted by atomic mass is 35.5. The molecule has 2 rings (SSSR count). The smallest absolute Gasteiger partial charge is 0.0516 e. The van der Waals surface area contributed by atoms with Crippen molar-refractivity contribution in [3.8, 4) is 0 Å². The Bertz CT molecular complexity index is 307. The quantitative estimate of drug-likeness (QED) is 0.876. The van der Waals surface area contributed by atoms with E-state index in [0.29, 0.717) is 6.04 Å². The van der Waals surface area contributed by atoms with Crippen molar-refractivity contribution in [2.24, 2.45) is 0 Å². The lowest BCUT2D eigenvalue weighted by atomic mass is 10.2. The first-order valence-electron chi connectivity index (χ1n) is 5.47. The molecule has 84 valence electrons. The van der Waals surface area contributed by atoms with Crippen LogP contribution in [0.25, 0.3) is 0 Å². The van der Waals surface area contributed by atoms with Gasteiger partial charge in [0.05, 0.1) is 5.02 Å². The van der Waals surface area contributed by atoms with Crippen molar-refractivity contribution in [1.82, 2.24) is 10.2 Å². The second kappa shape index (κ2) is 5.30. The van der Waals surface area contributed by atoms with E-state index in [-0.39, 0.29) is 0 Å². The second-order valence-corrected chi connectivity index (χ2v) is 5.37. The van der Waals surface area contributed by atoms with Gasteiger partial charge in [0.25, 0.3) is 0 Å². The Morgan fingerprint density at radius 2 is 2.53 bits per heavy atom. The van der Waals surface area contributed by atoms with Gasteiger partial charge in [-0.15, -0.1) is 11.3 Å². The predicted octanol–water partition coefficient (Wildman–Crippen LogP) is 2.59. The molecule has 15 heavy (non-hydrogen) atoms. The molecule has 1 aromatic rings. The minimum absolute atomic E-state index is 0.705. The first-order chi connectivity index (χ1) is 7.29. The van der Waals surface area contributed by atoms with Crippen LogP contribution in [0.4, 0.5) is 0 Å². The van der Waals surface area contributed by atoms with Gasteiger partial charge < -0.3 is 5.32 Å². The van der Waals surface area contributed by atoms with Crippen LogP contribution in [0.3, 0.4) is 0 Å². The van der Waals surface area contributed by atoms with Gasteiger partial charge in [-0.2, -0.15) is 0 Å². The maximum atomic E-state index is 5.93. The van der Waals surface area contributed by atoms with Crippen LogP contribution in [-0.4, -0.2) is 30.6 Å². The average Bonchev–Trinajstić information content (AvgIpc) is 2.85. The minimum atomic E-state index is 0.705. The maximum absolute atomic E-state index is 5.93. The molecule has 1 saturated heterocycles. The summed E-state index contributed by atoms with van der Waals surface area (Å²) in [6.07, 6.45) is 1.27. The van der Waals surface area contributed by atoms with E-state index in [1.54, 1.807) is 11.3 Å². The van der Waals surface area contributed by atoms with Crippen molar-refractivity contribution in [2.75, 3.05) is 19.6 Å². The van der Waals surface area contributed by atoms with Crippen molar-refractivity contribution in [1.29, 1.82) is 0 Å². The standard InChI is InChI=1S/C11H17ClN2S/c1-2-14(10-3-4-13-6-10)7-11-5-9(12)8-15-11/h5,8,10,13H,2-4,6-7H2,1H3. The normalized spacial score (nSPS) is 21.4. The van der Waals surface area contributed by atoms with E-state index in [2.05, 4.69) is 23.2 Å². The molecule has 1 aliphatic rings. The molecule has 0 amide bonds. The Morgan fingerprint density at radius 1 is 1.67 bits per heavy atom. The fraction of sp³-hybridized carbons (Fsp3) is 0.636. The monoisotopic (exact) mass is 244 g/mol. The topological polar surface area (TPSA) is 15.3 Å². The first kappa shape index (κ1) is 11.4. The number of halogens is 1. The Labute approximate surface area is 100 Å². The van der Waals surface area contributed by atoms with Crippen molar-refractivity contribution in [3.05, 3.63) is 21.3 Å². The minimum Gasteiger partial charge on any atom is -0.315 e. The Kier molecular flexibility index (Phi) is 4.03. The van der Waals surface area contributed by atoms with E-state index in [0.717, 1.165) is 31.2 Å². The van der Waals surface area contributed by atoms with Gasteiger partial charge in [-0.3, -0.25) is 4.90 Å². The lowest BCUT2D eigenvalue weighted by Gasteiger charge is -2.26. The van der Waals surface area contributed by atoms with Crippen LogP contribution >= 0.6 is 22.9 Å². The zero-order chi connectivity index (χ0) is 10.7. The molecule has 4 heteroatoms. The summed E-state index contributed by atoms with van der Waals surface area (Å²) in [6, 6.07) is 2.79. The third-order valence-electron chi connectivity index (χ3n) is 2.94. The zero-order valence-corrected chi connectivity index (χ0v) is 10.6. The number of thiophene rings is 1. The van der Waals surface area contributed by atoms with Crippen LogP contribution in [0.5, 0.6) is 0 Å².